The third-order valence-corrected chi connectivity index (χ3v) is 6.65. The van der Waals surface area contributed by atoms with Gasteiger partial charge in [0.1, 0.15) is 29.8 Å². The van der Waals surface area contributed by atoms with Crippen LogP contribution in [0.4, 0.5) is 4.39 Å². The fourth-order valence-electron chi connectivity index (χ4n) is 4.23. The number of rotatable bonds is 9. The van der Waals surface area contributed by atoms with Crippen molar-refractivity contribution in [2.24, 2.45) is 0 Å². The Hall–Kier alpha value is -4.62. The molecule has 4 aromatic carbocycles. The van der Waals surface area contributed by atoms with Gasteiger partial charge in [0, 0.05) is 16.8 Å². The lowest BCUT2D eigenvalue weighted by Crippen LogP contribution is -2.42. The number of nitrogens with one attached hydrogen (secondary N) is 1. The van der Waals surface area contributed by atoms with E-state index < -0.39 is 17.9 Å². The second-order valence-corrected chi connectivity index (χ2v) is 9.62. The SMILES string of the molecule is COC(=O)C(Cc1ccc(OCc2ccc(F)cc2)cc1)NC(=O)c1cc2ccc(-c3ccc(Cl)cc3)cc2o1. The highest BCUT2D eigenvalue weighted by atomic mass is 35.5. The Morgan fingerprint density at radius 3 is 2.25 bits per heavy atom. The second-order valence-electron chi connectivity index (χ2n) is 9.18. The Labute approximate surface area is 235 Å². The van der Waals surface area contributed by atoms with Gasteiger partial charge in [0.05, 0.1) is 7.11 Å². The lowest BCUT2D eigenvalue weighted by Gasteiger charge is -2.16. The first kappa shape index (κ1) is 27.0. The number of carbonyl (C=O) groups is 2. The highest BCUT2D eigenvalue weighted by Crippen LogP contribution is 2.28. The van der Waals surface area contributed by atoms with Crippen molar-refractivity contribution in [1.29, 1.82) is 0 Å². The zero-order valence-corrected chi connectivity index (χ0v) is 22.3. The Balaban J connectivity index is 1.25. The summed E-state index contributed by atoms with van der Waals surface area (Å²) in [6.45, 7) is 0.291. The molecule has 0 aliphatic heterocycles. The average Bonchev–Trinajstić information content (AvgIpc) is 3.41. The molecule has 1 atom stereocenters. The van der Waals surface area contributed by atoms with Gasteiger partial charge in [-0.25, -0.2) is 9.18 Å². The Bertz CT molecular complexity index is 1630. The number of carbonyl (C=O) groups excluding carboxylic acids is 2. The van der Waals surface area contributed by atoms with E-state index in [9.17, 15) is 14.0 Å². The van der Waals surface area contributed by atoms with Crippen molar-refractivity contribution < 1.29 is 27.9 Å². The molecule has 202 valence electrons. The van der Waals surface area contributed by atoms with Crippen molar-refractivity contribution in [1.82, 2.24) is 5.32 Å². The quantitative estimate of drug-likeness (QED) is 0.198. The van der Waals surface area contributed by atoms with Crippen LogP contribution in [0.1, 0.15) is 21.7 Å². The van der Waals surface area contributed by atoms with Crippen LogP contribution in [0.2, 0.25) is 5.02 Å². The fraction of sp³-hybridized carbons (Fsp3) is 0.125. The highest BCUT2D eigenvalue weighted by molar-refractivity contribution is 6.30. The maximum Gasteiger partial charge on any atom is 0.328 e. The molecule has 40 heavy (non-hydrogen) atoms. The maximum absolute atomic E-state index is 13.1. The van der Waals surface area contributed by atoms with E-state index in [2.05, 4.69) is 5.32 Å². The van der Waals surface area contributed by atoms with E-state index in [1.807, 2.05) is 54.6 Å². The van der Waals surface area contributed by atoms with Gasteiger partial charge in [-0.1, -0.05) is 60.1 Å². The number of ether oxygens (including phenoxy) is 2. The molecule has 1 N–H and O–H groups in total. The summed E-state index contributed by atoms with van der Waals surface area (Å²) in [7, 11) is 1.27. The number of halogens is 2. The van der Waals surface area contributed by atoms with Gasteiger partial charge >= 0.3 is 5.97 Å². The largest absolute Gasteiger partial charge is 0.489 e. The van der Waals surface area contributed by atoms with E-state index in [1.54, 1.807) is 30.3 Å². The molecule has 5 aromatic rings. The molecule has 0 saturated heterocycles. The van der Waals surface area contributed by atoms with Gasteiger partial charge in [-0.2, -0.15) is 0 Å². The van der Waals surface area contributed by atoms with Crippen molar-refractivity contribution in [3.8, 4) is 16.9 Å². The summed E-state index contributed by atoms with van der Waals surface area (Å²) in [5.41, 5.74) is 4.06. The number of methoxy groups -OCH3 is 1. The first-order valence-electron chi connectivity index (χ1n) is 12.5. The number of amides is 1. The molecule has 1 heterocycles. The van der Waals surface area contributed by atoms with E-state index in [4.69, 9.17) is 25.5 Å². The molecule has 5 rings (SSSR count). The van der Waals surface area contributed by atoms with Crippen LogP contribution in [0.5, 0.6) is 5.75 Å². The third kappa shape index (κ3) is 6.50. The predicted molar refractivity (Wildman–Crippen MR) is 151 cm³/mol. The number of hydrogen-bond donors (Lipinski definition) is 1. The molecule has 0 spiro atoms. The van der Waals surface area contributed by atoms with Crippen molar-refractivity contribution in [3.05, 3.63) is 125 Å². The van der Waals surface area contributed by atoms with Gasteiger partial charge in [0.15, 0.2) is 5.76 Å². The molecule has 6 nitrogen and oxygen atoms in total. The van der Waals surface area contributed by atoms with Crippen LogP contribution < -0.4 is 10.1 Å². The topological polar surface area (TPSA) is 77.8 Å². The lowest BCUT2D eigenvalue weighted by molar-refractivity contribution is -0.142. The first-order valence-corrected chi connectivity index (χ1v) is 12.9. The molecule has 0 fully saturated rings. The van der Waals surface area contributed by atoms with Crippen LogP contribution in [0.25, 0.3) is 22.1 Å². The van der Waals surface area contributed by atoms with Gasteiger partial charge in [0.25, 0.3) is 5.91 Å². The summed E-state index contributed by atoms with van der Waals surface area (Å²) in [4.78, 5) is 25.6. The molecular formula is C32H25ClFNO5. The summed E-state index contributed by atoms with van der Waals surface area (Å²) in [6, 6.07) is 27.0. The van der Waals surface area contributed by atoms with Crippen LogP contribution in [0, 0.1) is 5.82 Å². The minimum absolute atomic E-state index is 0.0849. The second kappa shape index (κ2) is 12.1. The maximum atomic E-state index is 13.1. The van der Waals surface area contributed by atoms with Gasteiger partial charge in [0.2, 0.25) is 0 Å². The van der Waals surface area contributed by atoms with E-state index in [1.165, 1.54) is 19.2 Å². The smallest absolute Gasteiger partial charge is 0.328 e. The number of benzene rings is 4. The zero-order valence-electron chi connectivity index (χ0n) is 21.5. The minimum atomic E-state index is -0.929. The summed E-state index contributed by atoms with van der Waals surface area (Å²) in [5.74, 6) is -0.706. The molecule has 1 amide bonds. The van der Waals surface area contributed by atoms with E-state index in [-0.39, 0.29) is 18.0 Å². The molecule has 0 aliphatic carbocycles. The van der Waals surface area contributed by atoms with Crippen LogP contribution in [0.15, 0.2) is 101 Å². The summed E-state index contributed by atoms with van der Waals surface area (Å²) in [5, 5.41) is 4.13. The molecule has 0 radical (unpaired) electrons. The Kier molecular flexibility index (Phi) is 8.12. The van der Waals surface area contributed by atoms with E-state index in [0.29, 0.717) is 23.0 Å². The van der Waals surface area contributed by atoms with Gasteiger partial charge < -0.3 is 19.2 Å². The average molecular weight is 558 g/mol. The molecule has 8 heteroatoms. The Morgan fingerprint density at radius 2 is 1.55 bits per heavy atom. The number of furan rings is 1. The summed E-state index contributed by atoms with van der Waals surface area (Å²) < 4.78 is 29.6. The van der Waals surface area contributed by atoms with Crippen molar-refractivity contribution >= 4 is 34.4 Å². The first-order chi connectivity index (χ1) is 19.4. The fourth-order valence-corrected chi connectivity index (χ4v) is 4.36. The zero-order chi connectivity index (χ0) is 28.1. The highest BCUT2D eigenvalue weighted by Gasteiger charge is 2.24. The summed E-state index contributed by atoms with van der Waals surface area (Å²) >= 11 is 5.99. The van der Waals surface area contributed by atoms with Crippen LogP contribution in [-0.2, 0) is 22.6 Å². The molecule has 0 saturated carbocycles. The summed E-state index contributed by atoms with van der Waals surface area (Å²) in [6.07, 6.45) is 0.206. The van der Waals surface area contributed by atoms with Crippen molar-refractivity contribution in [2.75, 3.05) is 7.11 Å². The molecule has 1 aromatic heterocycles. The van der Waals surface area contributed by atoms with Gasteiger partial charge in [-0.15, -0.1) is 0 Å². The molecule has 0 bridgehead atoms. The van der Waals surface area contributed by atoms with E-state index in [0.717, 1.165) is 27.6 Å². The monoisotopic (exact) mass is 557 g/mol. The number of fused-ring (bicyclic) bond motifs is 1. The number of esters is 1. The lowest BCUT2D eigenvalue weighted by atomic mass is 10.0. The minimum Gasteiger partial charge on any atom is -0.489 e. The standard InChI is InChI=1S/C32H25ClFNO5/c1-38-32(37)28(16-20-4-14-27(15-5-20)39-19-21-2-12-26(34)13-3-21)35-31(36)30-18-24-7-6-23(17-29(24)40-30)22-8-10-25(33)11-9-22/h2-15,17-18,28H,16,19H2,1H3,(H,35,36). The predicted octanol–water partition coefficient (Wildman–Crippen LogP) is 6.99. The Morgan fingerprint density at radius 1 is 0.875 bits per heavy atom. The normalized spacial score (nSPS) is 11.7. The molecule has 1 unspecified atom stereocenters. The van der Waals surface area contributed by atoms with Crippen LogP contribution in [0.3, 0.4) is 0 Å². The van der Waals surface area contributed by atoms with E-state index >= 15 is 0 Å². The molecular weight excluding hydrogens is 533 g/mol. The van der Waals surface area contributed by atoms with Gasteiger partial charge in [-0.05, 0) is 70.8 Å². The van der Waals surface area contributed by atoms with Crippen LogP contribution >= 0.6 is 11.6 Å². The van der Waals surface area contributed by atoms with Crippen molar-refractivity contribution in [2.45, 2.75) is 19.1 Å². The van der Waals surface area contributed by atoms with Crippen LogP contribution in [-0.4, -0.2) is 25.0 Å². The van der Waals surface area contributed by atoms with Crippen molar-refractivity contribution in [3.63, 3.8) is 0 Å². The number of hydrogen-bond acceptors (Lipinski definition) is 5. The third-order valence-electron chi connectivity index (χ3n) is 6.39. The van der Waals surface area contributed by atoms with Gasteiger partial charge in [-0.3, -0.25) is 4.79 Å². The molecule has 0 aliphatic rings.